The number of rotatable bonds is 4. The number of ketones is 2. The van der Waals surface area contributed by atoms with Gasteiger partial charge in [0.25, 0.3) is 0 Å². The number of fused-ring (bicyclic) bond motifs is 2. The van der Waals surface area contributed by atoms with Gasteiger partial charge in [-0.05, 0) is 24.3 Å². The third-order valence-corrected chi connectivity index (χ3v) is 5.66. The van der Waals surface area contributed by atoms with E-state index in [0.29, 0.717) is 11.6 Å². The molecule has 5 rings (SSSR count). The van der Waals surface area contributed by atoms with Crippen molar-refractivity contribution in [1.29, 1.82) is 0 Å². The number of nitrogens with two attached hydrogens (primary N) is 1. The first kappa shape index (κ1) is 21.4. The highest BCUT2D eigenvalue weighted by atomic mass is 35.5. The van der Waals surface area contributed by atoms with Crippen molar-refractivity contribution >= 4 is 46.2 Å². The van der Waals surface area contributed by atoms with Gasteiger partial charge < -0.3 is 11.1 Å². The lowest BCUT2D eigenvalue weighted by Gasteiger charge is -2.19. The van der Waals surface area contributed by atoms with Crippen LogP contribution in [0.1, 0.15) is 31.8 Å². The van der Waals surface area contributed by atoms with Gasteiger partial charge in [-0.1, -0.05) is 35.9 Å². The van der Waals surface area contributed by atoms with Gasteiger partial charge in [-0.3, -0.25) is 14.6 Å². The van der Waals surface area contributed by atoms with Crippen molar-refractivity contribution in [3.8, 4) is 11.4 Å². The van der Waals surface area contributed by atoms with Crippen LogP contribution in [-0.4, -0.2) is 33.6 Å². The molecule has 0 amide bonds. The molecule has 0 saturated heterocycles. The van der Waals surface area contributed by atoms with Gasteiger partial charge in [-0.2, -0.15) is 0 Å². The monoisotopic (exact) mass is 469 g/mol. The highest BCUT2D eigenvalue weighted by Crippen LogP contribution is 2.38. The number of nitrogens with zero attached hydrogens (tertiary/aromatic N) is 5. The van der Waals surface area contributed by atoms with Crippen LogP contribution in [0.5, 0.6) is 0 Å². The highest BCUT2D eigenvalue weighted by molar-refractivity contribution is 6.39. The van der Waals surface area contributed by atoms with Gasteiger partial charge in [0.15, 0.2) is 34.7 Å². The second-order valence-electron chi connectivity index (χ2n) is 7.34. The fraction of sp³-hybridized carbons (Fsp3) is 0.0417. The summed E-state index contributed by atoms with van der Waals surface area (Å²) in [6.45, 7) is 0. The molecule has 1 aliphatic rings. The maximum absolute atomic E-state index is 13.3. The maximum Gasteiger partial charge on any atom is 0.196 e. The molecule has 9 nitrogen and oxygen atoms in total. The summed E-state index contributed by atoms with van der Waals surface area (Å²) >= 11 is 6.20. The zero-order valence-corrected chi connectivity index (χ0v) is 18.5. The third-order valence-electron chi connectivity index (χ3n) is 5.34. The van der Waals surface area contributed by atoms with Gasteiger partial charge in [0.2, 0.25) is 0 Å². The van der Waals surface area contributed by atoms with E-state index in [-0.39, 0.29) is 56.0 Å². The number of carbonyl (C=O) groups is 2. The van der Waals surface area contributed by atoms with E-state index >= 15 is 0 Å². The van der Waals surface area contributed by atoms with Crippen molar-refractivity contribution < 1.29 is 9.59 Å². The van der Waals surface area contributed by atoms with E-state index in [1.807, 2.05) is 0 Å². The molecule has 0 fully saturated rings. The first-order valence-corrected chi connectivity index (χ1v) is 10.6. The molecule has 34 heavy (non-hydrogen) atoms. The van der Waals surface area contributed by atoms with Crippen LogP contribution >= 0.6 is 11.6 Å². The molecule has 0 radical (unpaired) electrons. The average molecular weight is 470 g/mol. The Kier molecular flexibility index (Phi) is 5.31. The summed E-state index contributed by atoms with van der Waals surface area (Å²) in [6.07, 6.45) is 3.26. The predicted octanol–water partition coefficient (Wildman–Crippen LogP) is 5.01. The van der Waals surface area contributed by atoms with Crippen LogP contribution < -0.4 is 11.1 Å². The summed E-state index contributed by atoms with van der Waals surface area (Å²) in [5, 5.41) is 11.7. The number of anilines is 2. The number of nitrogen functional groups attached to an aromatic ring is 1. The van der Waals surface area contributed by atoms with E-state index in [2.05, 4.69) is 30.5 Å². The summed E-state index contributed by atoms with van der Waals surface area (Å²) in [5.41, 5.74) is 8.13. The molecule has 10 heteroatoms. The average Bonchev–Trinajstić information content (AvgIpc) is 2.86. The summed E-state index contributed by atoms with van der Waals surface area (Å²) in [4.78, 5) is 39.1. The van der Waals surface area contributed by atoms with Crippen LogP contribution in [0.15, 0.2) is 71.2 Å². The molecule has 0 bridgehead atoms. The molecule has 2 aromatic carbocycles. The fourth-order valence-electron chi connectivity index (χ4n) is 3.74. The van der Waals surface area contributed by atoms with E-state index in [9.17, 15) is 9.59 Å². The summed E-state index contributed by atoms with van der Waals surface area (Å²) in [5.74, 6) is 0.154. The lowest BCUT2D eigenvalue weighted by Crippen LogP contribution is -2.21. The lowest BCUT2D eigenvalue weighted by atomic mass is 9.83. The Hall–Kier alpha value is -4.50. The minimum Gasteiger partial charge on any atom is -0.382 e. The number of halogens is 1. The zero-order valence-electron chi connectivity index (χ0n) is 17.8. The molecule has 2 aromatic heterocycles. The van der Waals surface area contributed by atoms with Crippen LogP contribution in [0.3, 0.4) is 0 Å². The molecular weight excluding hydrogens is 454 g/mol. The molecule has 0 aliphatic heterocycles. The van der Waals surface area contributed by atoms with Crippen LogP contribution in [0.25, 0.3) is 11.4 Å². The van der Waals surface area contributed by atoms with Crippen molar-refractivity contribution in [2.24, 2.45) is 10.2 Å². The number of hydrogen-bond donors (Lipinski definition) is 2. The summed E-state index contributed by atoms with van der Waals surface area (Å²) in [7, 11) is 1.67. The van der Waals surface area contributed by atoms with Crippen LogP contribution in [0.2, 0.25) is 5.02 Å². The number of hydrogen-bond acceptors (Lipinski definition) is 9. The van der Waals surface area contributed by atoms with Gasteiger partial charge in [-0.15, -0.1) is 10.2 Å². The molecule has 0 saturated carbocycles. The van der Waals surface area contributed by atoms with Crippen molar-refractivity contribution in [3.05, 3.63) is 88.2 Å². The van der Waals surface area contributed by atoms with Crippen molar-refractivity contribution in [3.63, 3.8) is 0 Å². The van der Waals surface area contributed by atoms with E-state index in [0.717, 1.165) is 5.56 Å². The molecule has 0 atom stereocenters. The Bertz CT molecular complexity index is 1500. The normalized spacial score (nSPS) is 12.5. The van der Waals surface area contributed by atoms with Gasteiger partial charge in [0.1, 0.15) is 0 Å². The van der Waals surface area contributed by atoms with E-state index in [4.69, 9.17) is 17.3 Å². The first-order valence-electron chi connectivity index (χ1n) is 10.2. The lowest BCUT2D eigenvalue weighted by molar-refractivity contribution is 0.0979. The van der Waals surface area contributed by atoms with Gasteiger partial charge in [0, 0.05) is 36.1 Å². The van der Waals surface area contributed by atoms with Crippen LogP contribution in [0.4, 0.5) is 23.0 Å². The van der Waals surface area contributed by atoms with Crippen molar-refractivity contribution in [2.45, 2.75) is 0 Å². The van der Waals surface area contributed by atoms with Crippen LogP contribution in [0, 0.1) is 0 Å². The minimum atomic E-state index is -0.354. The number of pyridine rings is 1. The molecule has 0 unspecified atom stereocenters. The Balaban J connectivity index is 1.58. The Morgan fingerprint density at radius 3 is 2.29 bits per heavy atom. The standard InChI is InChI=1S/C24H16ClN7O2/c1-27-24-19(22(26)29-23(30-24)12-8-10-28-11-9-12)32-31-16-7-3-5-14-18(16)21(34)13-4-2-6-15(25)17(13)20(14)33/h2-11H,1H3,(H3,26,27,29,30)/b32-31+. The second kappa shape index (κ2) is 8.45. The van der Waals surface area contributed by atoms with E-state index < -0.39 is 0 Å². The Morgan fingerprint density at radius 1 is 0.882 bits per heavy atom. The van der Waals surface area contributed by atoms with Gasteiger partial charge in [-0.25, -0.2) is 9.97 Å². The summed E-state index contributed by atoms with van der Waals surface area (Å²) in [6, 6.07) is 13.1. The molecular formula is C24H16ClN7O2. The number of aromatic nitrogens is 3. The molecule has 166 valence electrons. The SMILES string of the molecule is CNc1nc(-c2ccncc2)nc(N)c1/N=N/c1cccc2c1C(=O)c1cccc(Cl)c1C2=O. The quantitative estimate of drug-likeness (QED) is 0.353. The number of benzene rings is 2. The molecule has 1 aliphatic carbocycles. The topological polar surface area (TPSA) is 136 Å². The molecule has 4 aromatic rings. The third kappa shape index (κ3) is 3.48. The fourth-order valence-corrected chi connectivity index (χ4v) is 4.00. The Labute approximate surface area is 198 Å². The van der Waals surface area contributed by atoms with Gasteiger partial charge in [0.05, 0.1) is 21.8 Å². The largest absolute Gasteiger partial charge is 0.382 e. The molecule has 3 N–H and O–H groups in total. The van der Waals surface area contributed by atoms with Crippen molar-refractivity contribution in [2.75, 3.05) is 18.1 Å². The smallest absolute Gasteiger partial charge is 0.196 e. The number of azo groups is 1. The number of carbonyl (C=O) groups excluding carboxylic acids is 2. The molecule has 0 spiro atoms. The second-order valence-corrected chi connectivity index (χ2v) is 7.74. The van der Waals surface area contributed by atoms with Crippen molar-refractivity contribution in [1.82, 2.24) is 15.0 Å². The van der Waals surface area contributed by atoms with Crippen LogP contribution in [-0.2, 0) is 0 Å². The summed E-state index contributed by atoms with van der Waals surface area (Å²) < 4.78 is 0. The minimum absolute atomic E-state index is 0.0965. The molecule has 2 heterocycles. The van der Waals surface area contributed by atoms with Gasteiger partial charge >= 0.3 is 0 Å². The first-order chi connectivity index (χ1) is 16.5. The van der Waals surface area contributed by atoms with E-state index in [1.54, 1.807) is 68.0 Å². The number of nitrogens with one attached hydrogen (secondary N) is 1. The van der Waals surface area contributed by atoms with E-state index in [1.165, 1.54) is 0 Å². The Morgan fingerprint density at radius 2 is 1.56 bits per heavy atom. The predicted molar refractivity (Wildman–Crippen MR) is 128 cm³/mol. The highest BCUT2D eigenvalue weighted by Gasteiger charge is 2.33. The maximum atomic E-state index is 13.3. The zero-order chi connectivity index (χ0) is 23.8.